The Balaban J connectivity index is 2.69. The molecule has 0 saturated carbocycles. The summed E-state index contributed by atoms with van der Waals surface area (Å²) >= 11 is 1.80. The van der Waals surface area contributed by atoms with Gasteiger partial charge in [-0.15, -0.1) is 11.3 Å². The lowest BCUT2D eigenvalue weighted by atomic mass is 10.3. The van der Waals surface area contributed by atoms with Gasteiger partial charge in [-0.2, -0.15) is 0 Å². The molecule has 1 aromatic heterocycles. The summed E-state index contributed by atoms with van der Waals surface area (Å²) in [4.78, 5) is 8.20. The normalized spacial score (nSPS) is 13.1. The SMILES string of the molecule is CCCNC(C)c1cnc(N(CC)C(C)C)s1. The van der Waals surface area contributed by atoms with Gasteiger partial charge in [0.15, 0.2) is 5.13 Å². The zero-order valence-electron chi connectivity index (χ0n) is 11.7. The summed E-state index contributed by atoms with van der Waals surface area (Å²) in [6.07, 6.45) is 3.18. The van der Waals surface area contributed by atoms with Crippen LogP contribution in [0.4, 0.5) is 5.13 Å². The predicted molar refractivity (Wildman–Crippen MR) is 77.0 cm³/mol. The number of rotatable bonds is 7. The van der Waals surface area contributed by atoms with E-state index in [0.29, 0.717) is 12.1 Å². The van der Waals surface area contributed by atoms with Crippen LogP contribution in [0.15, 0.2) is 6.20 Å². The van der Waals surface area contributed by atoms with Crippen LogP contribution in [-0.2, 0) is 0 Å². The van der Waals surface area contributed by atoms with E-state index in [-0.39, 0.29) is 0 Å². The summed E-state index contributed by atoms with van der Waals surface area (Å²) in [6, 6.07) is 0.921. The Kier molecular flexibility index (Phi) is 5.92. The molecular formula is C13H25N3S. The largest absolute Gasteiger partial charge is 0.346 e. The van der Waals surface area contributed by atoms with Crippen LogP contribution < -0.4 is 10.2 Å². The highest BCUT2D eigenvalue weighted by molar-refractivity contribution is 7.15. The molecule has 0 aliphatic carbocycles. The van der Waals surface area contributed by atoms with Crippen molar-refractivity contribution in [2.75, 3.05) is 18.0 Å². The van der Waals surface area contributed by atoms with Crippen LogP contribution in [-0.4, -0.2) is 24.1 Å². The van der Waals surface area contributed by atoms with Crippen LogP contribution in [0, 0.1) is 0 Å². The van der Waals surface area contributed by atoms with Crippen molar-refractivity contribution >= 4 is 16.5 Å². The molecule has 3 nitrogen and oxygen atoms in total. The van der Waals surface area contributed by atoms with Crippen molar-refractivity contribution in [3.63, 3.8) is 0 Å². The molecule has 0 spiro atoms. The Bertz CT molecular complexity index is 322. The van der Waals surface area contributed by atoms with Gasteiger partial charge in [-0.25, -0.2) is 4.98 Å². The van der Waals surface area contributed by atoms with Crippen molar-refractivity contribution in [1.29, 1.82) is 0 Å². The van der Waals surface area contributed by atoms with Gasteiger partial charge >= 0.3 is 0 Å². The van der Waals surface area contributed by atoms with E-state index >= 15 is 0 Å². The first-order chi connectivity index (χ1) is 8.10. The molecule has 1 aromatic rings. The molecule has 0 aromatic carbocycles. The van der Waals surface area contributed by atoms with E-state index in [1.54, 1.807) is 11.3 Å². The molecule has 1 unspecified atom stereocenters. The highest BCUT2D eigenvalue weighted by Crippen LogP contribution is 2.28. The molecule has 0 amide bonds. The van der Waals surface area contributed by atoms with Crippen LogP contribution in [0.5, 0.6) is 0 Å². The van der Waals surface area contributed by atoms with Gasteiger partial charge in [-0.3, -0.25) is 0 Å². The molecule has 1 heterocycles. The predicted octanol–water partition coefficient (Wildman–Crippen LogP) is 3.44. The maximum atomic E-state index is 4.54. The first-order valence-electron chi connectivity index (χ1n) is 6.55. The van der Waals surface area contributed by atoms with E-state index in [9.17, 15) is 0 Å². The van der Waals surface area contributed by atoms with E-state index in [1.807, 2.05) is 6.20 Å². The second kappa shape index (κ2) is 6.97. The molecule has 0 saturated heterocycles. The van der Waals surface area contributed by atoms with Crippen LogP contribution in [0.25, 0.3) is 0 Å². The fourth-order valence-corrected chi connectivity index (χ4v) is 2.93. The summed E-state index contributed by atoms with van der Waals surface area (Å²) in [5.74, 6) is 0. The summed E-state index contributed by atoms with van der Waals surface area (Å²) in [5, 5.41) is 4.64. The lowest BCUT2D eigenvalue weighted by Gasteiger charge is -2.24. The van der Waals surface area contributed by atoms with Crippen molar-refractivity contribution in [3.8, 4) is 0 Å². The molecule has 0 bridgehead atoms. The number of anilines is 1. The number of nitrogens with one attached hydrogen (secondary N) is 1. The topological polar surface area (TPSA) is 28.2 Å². The minimum atomic E-state index is 0.409. The Morgan fingerprint density at radius 1 is 1.35 bits per heavy atom. The number of aromatic nitrogens is 1. The third-order valence-corrected chi connectivity index (χ3v) is 4.07. The molecule has 0 aliphatic rings. The van der Waals surface area contributed by atoms with E-state index in [0.717, 1.165) is 18.2 Å². The maximum Gasteiger partial charge on any atom is 0.185 e. The number of nitrogens with zero attached hydrogens (tertiary/aromatic N) is 2. The molecular weight excluding hydrogens is 230 g/mol. The standard InChI is InChI=1S/C13H25N3S/c1-6-8-14-11(5)12-9-15-13(17-12)16(7-2)10(3)4/h9-11,14H,6-8H2,1-5H3. The molecule has 1 rings (SSSR count). The number of hydrogen-bond acceptors (Lipinski definition) is 4. The lowest BCUT2D eigenvalue weighted by molar-refractivity contribution is 0.577. The van der Waals surface area contributed by atoms with Crippen molar-refractivity contribution in [1.82, 2.24) is 10.3 Å². The van der Waals surface area contributed by atoms with Crippen LogP contribution in [0.3, 0.4) is 0 Å². The van der Waals surface area contributed by atoms with E-state index in [1.165, 1.54) is 11.3 Å². The fourth-order valence-electron chi connectivity index (χ4n) is 1.79. The average Bonchev–Trinajstić information content (AvgIpc) is 2.75. The van der Waals surface area contributed by atoms with Gasteiger partial charge in [-0.05, 0) is 40.7 Å². The monoisotopic (exact) mass is 255 g/mol. The van der Waals surface area contributed by atoms with Gasteiger partial charge in [-0.1, -0.05) is 6.92 Å². The summed E-state index contributed by atoms with van der Waals surface area (Å²) in [5.41, 5.74) is 0. The lowest BCUT2D eigenvalue weighted by Crippen LogP contribution is -2.30. The van der Waals surface area contributed by atoms with Gasteiger partial charge in [0.05, 0.1) is 0 Å². The van der Waals surface area contributed by atoms with Crippen LogP contribution in [0.1, 0.15) is 52.0 Å². The Hall–Kier alpha value is -0.610. The number of thiazole rings is 1. The summed E-state index contributed by atoms with van der Waals surface area (Å²) in [6.45, 7) is 13.1. The second-order valence-electron chi connectivity index (χ2n) is 4.60. The quantitative estimate of drug-likeness (QED) is 0.809. The Labute approximate surface area is 109 Å². The van der Waals surface area contributed by atoms with Crippen LogP contribution >= 0.6 is 11.3 Å². The molecule has 1 N–H and O–H groups in total. The third kappa shape index (κ3) is 3.96. The Morgan fingerprint density at radius 2 is 2.06 bits per heavy atom. The third-order valence-electron chi connectivity index (χ3n) is 2.85. The molecule has 1 atom stereocenters. The van der Waals surface area contributed by atoms with Gasteiger partial charge in [0.2, 0.25) is 0 Å². The van der Waals surface area contributed by atoms with Crippen molar-refractivity contribution < 1.29 is 0 Å². The zero-order valence-corrected chi connectivity index (χ0v) is 12.5. The van der Waals surface area contributed by atoms with E-state index in [4.69, 9.17) is 0 Å². The number of hydrogen-bond donors (Lipinski definition) is 1. The van der Waals surface area contributed by atoms with Gasteiger partial charge in [0.25, 0.3) is 0 Å². The van der Waals surface area contributed by atoms with Crippen molar-refractivity contribution in [2.45, 2.75) is 53.1 Å². The minimum absolute atomic E-state index is 0.409. The Morgan fingerprint density at radius 3 is 2.59 bits per heavy atom. The second-order valence-corrected chi connectivity index (χ2v) is 5.64. The zero-order chi connectivity index (χ0) is 12.8. The molecule has 17 heavy (non-hydrogen) atoms. The van der Waals surface area contributed by atoms with Crippen molar-refractivity contribution in [3.05, 3.63) is 11.1 Å². The van der Waals surface area contributed by atoms with Gasteiger partial charge in [0.1, 0.15) is 0 Å². The maximum absolute atomic E-state index is 4.54. The average molecular weight is 255 g/mol. The van der Waals surface area contributed by atoms with Gasteiger partial charge in [0, 0.05) is 29.7 Å². The molecule has 0 radical (unpaired) electrons. The summed E-state index contributed by atoms with van der Waals surface area (Å²) < 4.78 is 0. The highest BCUT2D eigenvalue weighted by atomic mass is 32.1. The molecule has 0 aliphatic heterocycles. The smallest absolute Gasteiger partial charge is 0.185 e. The van der Waals surface area contributed by atoms with Gasteiger partial charge < -0.3 is 10.2 Å². The van der Waals surface area contributed by atoms with E-state index in [2.05, 4.69) is 49.8 Å². The molecule has 98 valence electrons. The first-order valence-corrected chi connectivity index (χ1v) is 7.37. The van der Waals surface area contributed by atoms with Crippen molar-refractivity contribution in [2.24, 2.45) is 0 Å². The molecule has 0 fully saturated rings. The minimum Gasteiger partial charge on any atom is -0.346 e. The first kappa shape index (κ1) is 14.5. The fraction of sp³-hybridized carbons (Fsp3) is 0.769. The highest BCUT2D eigenvalue weighted by Gasteiger charge is 2.15. The van der Waals surface area contributed by atoms with E-state index < -0.39 is 0 Å². The summed E-state index contributed by atoms with van der Waals surface area (Å²) in [7, 11) is 0. The molecule has 4 heteroatoms. The van der Waals surface area contributed by atoms with Crippen LogP contribution in [0.2, 0.25) is 0 Å².